The third kappa shape index (κ3) is 2.70. The van der Waals surface area contributed by atoms with E-state index in [-0.39, 0.29) is 24.2 Å². The Labute approximate surface area is 82.0 Å². The molecule has 0 aliphatic carbocycles. The summed E-state index contributed by atoms with van der Waals surface area (Å²) < 4.78 is 0. The van der Waals surface area contributed by atoms with Gasteiger partial charge in [0.05, 0.1) is 6.61 Å². The van der Waals surface area contributed by atoms with Crippen LogP contribution in [0.1, 0.15) is 17.4 Å². The Morgan fingerprint density at radius 3 is 3.00 bits per heavy atom. The fraction of sp³-hybridized carbons (Fsp3) is 0.333. The Kier molecular flexibility index (Phi) is 3.41. The minimum Gasteiger partial charge on any atom is -0.394 e. The lowest BCUT2D eigenvalue weighted by atomic mass is 10.3. The number of aliphatic hydroxyl groups is 1. The predicted octanol–water partition coefficient (Wildman–Crippen LogP) is -0.226. The van der Waals surface area contributed by atoms with E-state index in [1.807, 2.05) is 0 Å². The van der Waals surface area contributed by atoms with Gasteiger partial charge in [-0.05, 0) is 19.1 Å². The molecule has 1 unspecified atom stereocenters. The molecule has 1 heterocycles. The lowest BCUT2D eigenvalue weighted by Gasteiger charge is -2.09. The molecule has 1 rings (SSSR count). The van der Waals surface area contributed by atoms with Gasteiger partial charge in [-0.1, -0.05) is 6.07 Å². The van der Waals surface area contributed by atoms with Crippen LogP contribution in [0.25, 0.3) is 0 Å². The standard InChI is InChI=1S/C9H13N3O2/c1-6(5-13)11-9(14)7-3-2-4-8(10)12-7/h2-4,6,13H,5H2,1H3,(H2,10,12)(H,11,14). The van der Waals surface area contributed by atoms with Crippen LogP contribution in [0.5, 0.6) is 0 Å². The maximum absolute atomic E-state index is 11.4. The lowest BCUT2D eigenvalue weighted by molar-refractivity contribution is 0.0917. The van der Waals surface area contributed by atoms with Crippen molar-refractivity contribution in [2.24, 2.45) is 0 Å². The molecule has 0 bridgehead atoms. The highest BCUT2D eigenvalue weighted by molar-refractivity contribution is 5.92. The summed E-state index contributed by atoms with van der Waals surface area (Å²) in [5, 5.41) is 11.3. The van der Waals surface area contributed by atoms with E-state index in [9.17, 15) is 4.79 Å². The molecule has 1 amide bonds. The van der Waals surface area contributed by atoms with Crippen LogP contribution in [0.4, 0.5) is 5.82 Å². The molecule has 5 nitrogen and oxygen atoms in total. The smallest absolute Gasteiger partial charge is 0.270 e. The zero-order valence-electron chi connectivity index (χ0n) is 7.90. The summed E-state index contributed by atoms with van der Waals surface area (Å²) >= 11 is 0. The average Bonchev–Trinajstić information content (AvgIpc) is 2.17. The molecule has 1 atom stereocenters. The Morgan fingerprint density at radius 2 is 2.43 bits per heavy atom. The van der Waals surface area contributed by atoms with Gasteiger partial charge in [-0.15, -0.1) is 0 Å². The van der Waals surface area contributed by atoms with Crippen LogP contribution in [0.3, 0.4) is 0 Å². The highest BCUT2D eigenvalue weighted by Crippen LogP contribution is 2.00. The third-order valence-electron chi connectivity index (χ3n) is 1.65. The topological polar surface area (TPSA) is 88.2 Å². The second-order valence-corrected chi connectivity index (χ2v) is 3.00. The van der Waals surface area contributed by atoms with Crippen molar-refractivity contribution in [3.63, 3.8) is 0 Å². The molecular formula is C9H13N3O2. The fourth-order valence-corrected chi connectivity index (χ4v) is 0.921. The van der Waals surface area contributed by atoms with Crippen molar-refractivity contribution in [2.45, 2.75) is 13.0 Å². The van der Waals surface area contributed by atoms with Crippen molar-refractivity contribution in [1.82, 2.24) is 10.3 Å². The number of nitrogens with two attached hydrogens (primary N) is 1. The lowest BCUT2D eigenvalue weighted by Crippen LogP contribution is -2.35. The summed E-state index contributed by atoms with van der Waals surface area (Å²) in [6, 6.07) is 4.54. The first-order chi connectivity index (χ1) is 6.63. The Bertz CT molecular complexity index is 328. The van der Waals surface area contributed by atoms with E-state index in [1.165, 1.54) is 0 Å². The van der Waals surface area contributed by atoms with Crippen LogP contribution in [0.15, 0.2) is 18.2 Å². The normalized spacial score (nSPS) is 12.1. The summed E-state index contributed by atoms with van der Waals surface area (Å²) in [4.78, 5) is 15.3. The van der Waals surface area contributed by atoms with Gasteiger partial charge >= 0.3 is 0 Å². The third-order valence-corrected chi connectivity index (χ3v) is 1.65. The number of hydrogen-bond donors (Lipinski definition) is 3. The SMILES string of the molecule is CC(CO)NC(=O)c1cccc(N)n1. The summed E-state index contributed by atoms with van der Waals surface area (Å²) in [5.74, 6) is -0.0341. The van der Waals surface area contributed by atoms with Crippen LogP contribution in [-0.4, -0.2) is 28.6 Å². The fourth-order valence-electron chi connectivity index (χ4n) is 0.921. The molecule has 0 aliphatic heterocycles. The number of carbonyl (C=O) groups excluding carboxylic acids is 1. The quantitative estimate of drug-likeness (QED) is 0.622. The first-order valence-electron chi connectivity index (χ1n) is 4.27. The first kappa shape index (κ1) is 10.5. The van der Waals surface area contributed by atoms with E-state index in [4.69, 9.17) is 10.8 Å². The molecule has 0 aliphatic rings. The van der Waals surface area contributed by atoms with Crippen molar-refractivity contribution >= 4 is 11.7 Å². The Morgan fingerprint density at radius 1 is 1.71 bits per heavy atom. The van der Waals surface area contributed by atoms with Crippen molar-refractivity contribution in [1.29, 1.82) is 0 Å². The van der Waals surface area contributed by atoms with Gasteiger partial charge in [0, 0.05) is 6.04 Å². The minimum absolute atomic E-state index is 0.103. The number of amides is 1. The molecule has 0 radical (unpaired) electrons. The second kappa shape index (κ2) is 4.57. The van der Waals surface area contributed by atoms with Crippen LogP contribution in [0, 0.1) is 0 Å². The van der Waals surface area contributed by atoms with Crippen LogP contribution in [-0.2, 0) is 0 Å². The number of carbonyl (C=O) groups is 1. The molecule has 0 spiro atoms. The number of pyridine rings is 1. The maximum Gasteiger partial charge on any atom is 0.270 e. The van der Waals surface area contributed by atoms with Gasteiger partial charge in [0.2, 0.25) is 0 Å². The van der Waals surface area contributed by atoms with Crippen molar-refractivity contribution in [3.05, 3.63) is 23.9 Å². The van der Waals surface area contributed by atoms with Gasteiger partial charge in [-0.3, -0.25) is 4.79 Å². The van der Waals surface area contributed by atoms with E-state index in [0.29, 0.717) is 5.82 Å². The maximum atomic E-state index is 11.4. The summed E-state index contributed by atoms with van der Waals surface area (Å²) in [7, 11) is 0. The molecule has 14 heavy (non-hydrogen) atoms. The number of nitrogens with one attached hydrogen (secondary N) is 1. The molecule has 4 N–H and O–H groups in total. The molecular weight excluding hydrogens is 182 g/mol. The second-order valence-electron chi connectivity index (χ2n) is 3.00. The van der Waals surface area contributed by atoms with Gasteiger partial charge in [0.1, 0.15) is 11.5 Å². The number of nitrogens with zero attached hydrogens (tertiary/aromatic N) is 1. The van der Waals surface area contributed by atoms with Gasteiger partial charge in [-0.25, -0.2) is 4.98 Å². The Balaban J connectivity index is 2.70. The van der Waals surface area contributed by atoms with Gasteiger partial charge in [0.15, 0.2) is 0 Å². The zero-order chi connectivity index (χ0) is 10.6. The molecule has 0 saturated heterocycles. The minimum atomic E-state index is -0.334. The molecule has 0 aromatic carbocycles. The number of aromatic nitrogens is 1. The highest BCUT2D eigenvalue weighted by Gasteiger charge is 2.09. The number of aliphatic hydroxyl groups excluding tert-OH is 1. The molecule has 76 valence electrons. The van der Waals surface area contributed by atoms with Crippen molar-refractivity contribution in [3.8, 4) is 0 Å². The summed E-state index contributed by atoms with van der Waals surface area (Å²) in [6.45, 7) is 1.60. The van der Waals surface area contributed by atoms with Crippen molar-refractivity contribution in [2.75, 3.05) is 12.3 Å². The van der Waals surface area contributed by atoms with E-state index in [0.717, 1.165) is 0 Å². The van der Waals surface area contributed by atoms with Crippen LogP contribution < -0.4 is 11.1 Å². The number of nitrogen functional groups attached to an aromatic ring is 1. The highest BCUT2D eigenvalue weighted by atomic mass is 16.3. The number of rotatable bonds is 3. The summed E-state index contributed by atoms with van der Waals surface area (Å²) in [5.41, 5.74) is 5.67. The van der Waals surface area contributed by atoms with Gasteiger partial charge in [-0.2, -0.15) is 0 Å². The van der Waals surface area contributed by atoms with E-state index in [1.54, 1.807) is 25.1 Å². The van der Waals surface area contributed by atoms with Crippen molar-refractivity contribution < 1.29 is 9.90 Å². The Hall–Kier alpha value is -1.62. The van der Waals surface area contributed by atoms with E-state index >= 15 is 0 Å². The molecule has 0 saturated carbocycles. The molecule has 1 aromatic heterocycles. The monoisotopic (exact) mass is 195 g/mol. The molecule has 5 heteroatoms. The zero-order valence-corrected chi connectivity index (χ0v) is 7.90. The molecule has 0 fully saturated rings. The summed E-state index contributed by atoms with van der Waals surface area (Å²) in [6.07, 6.45) is 0. The van der Waals surface area contributed by atoms with Crippen LogP contribution in [0.2, 0.25) is 0 Å². The van der Waals surface area contributed by atoms with Gasteiger partial charge < -0.3 is 16.2 Å². The largest absolute Gasteiger partial charge is 0.394 e. The average molecular weight is 195 g/mol. The van der Waals surface area contributed by atoms with E-state index in [2.05, 4.69) is 10.3 Å². The first-order valence-corrected chi connectivity index (χ1v) is 4.27. The van der Waals surface area contributed by atoms with Crippen LogP contribution >= 0.6 is 0 Å². The number of hydrogen-bond acceptors (Lipinski definition) is 4. The van der Waals surface area contributed by atoms with E-state index < -0.39 is 0 Å². The predicted molar refractivity (Wildman–Crippen MR) is 52.7 cm³/mol. The number of anilines is 1. The van der Waals surface area contributed by atoms with Gasteiger partial charge in [0.25, 0.3) is 5.91 Å². The molecule has 1 aromatic rings.